The van der Waals surface area contributed by atoms with Crippen LogP contribution in [-0.4, -0.2) is 94.5 Å². The molecule has 2 aliphatic heterocycles. The highest BCUT2D eigenvalue weighted by molar-refractivity contribution is 8.18. The number of thioether (sulfide) groups is 1. The van der Waals surface area contributed by atoms with Crippen LogP contribution in [0.25, 0.3) is 0 Å². The van der Waals surface area contributed by atoms with E-state index in [4.69, 9.17) is 15.3 Å². The first kappa shape index (κ1) is 36.8. The van der Waals surface area contributed by atoms with Crippen molar-refractivity contribution in [3.63, 3.8) is 0 Å². The number of likely N-dealkylation sites (N-methyl/N-ethyl adjacent to an activating group) is 1. The Labute approximate surface area is 253 Å². The number of amides is 1. The van der Waals surface area contributed by atoms with Gasteiger partial charge < -0.3 is 25.5 Å². The largest absolute Gasteiger partial charge is 0.478 e. The molecule has 2 aliphatic rings. The van der Waals surface area contributed by atoms with Crippen LogP contribution in [0.2, 0.25) is 0 Å². The monoisotopic (exact) mass is 654 g/mol. The lowest BCUT2D eigenvalue weighted by Crippen LogP contribution is -2.33. The van der Waals surface area contributed by atoms with Gasteiger partial charge in [-0.25, -0.2) is 9.59 Å². The summed E-state index contributed by atoms with van der Waals surface area (Å²) in [4.78, 5) is 39.8. The molecule has 0 spiro atoms. The number of nitrogens with zero attached hydrogens (tertiary/aromatic N) is 3. The van der Waals surface area contributed by atoms with E-state index in [1.165, 1.54) is 0 Å². The van der Waals surface area contributed by atoms with Crippen molar-refractivity contribution in [2.45, 2.75) is 31.7 Å². The molecule has 1 aromatic carbocycles. The zero-order chi connectivity index (χ0) is 33.1. The van der Waals surface area contributed by atoms with E-state index in [1.54, 1.807) is 4.90 Å². The molecule has 0 atom stereocenters. The van der Waals surface area contributed by atoms with E-state index >= 15 is 0 Å². The van der Waals surface area contributed by atoms with Gasteiger partial charge in [-0.3, -0.25) is 14.7 Å². The van der Waals surface area contributed by atoms with Crippen molar-refractivity contribution in [3.8, 4) is 0 Å². The number of nitrogens with one attached hydrogen (secondary N) is 1. The minimum Gasteiger partial charge on any atom is -0.478 e. The molecular formula is C27H32F6N4O6S. The van der Waals surface area contributed by atoms with Gasteiger partial charge in [-0.2, -0.15) is 26.3 Å². The van der Waals surface area contributed by atoms with Crippen molar-refractivity contribution in [2.75, 3.05) is 46.4 Å². The second-order valence-corrected chi connectivity index (χ2v) is 10.8. The Morgan fingerprint density at radius 3 is 2.20 bits per heavy atom. The number of carbonyl (C=O) groups excluding carboxylic acids is 1. The fraction of sp³-hybridized carbons (Fsp3) is 0.481. The van der Waals surface area contributed by atoms with Crippen molar-refractivity contribution < 1.29 is 56.0 Å². The highest BCUT2D eigenvalue weighted by Crippen LogP contribution is 2.38. The molecule has 244 valence electrons. The number of likely N-dealkylation sites (tertiary alicyclic amines) is 1. The number of piperidine rings is 1. The van der Waals surface area contributed by atoms with Gasteiger partial charge >= 0.3 is 24.3 Å². The number of halogens is 6. The highest BCUT2D eigenvalue weighted by atomic mass is 32.2. The summed E-state index contributed by atoms with van der Waals surface area (Å²) in [7, 11) is 1.85. The summed E-state index contributed by atoms with van der Waals surface area (Å²) in [6.07, 6.45) is -5.41. The number of amidine groups is 1. The third kappa shape index (κ3) is 12.7. The Kier molecular flexibility index (Phi) is 13.9. The number of allylic oxidation sites excluding steroid dienone is 1. The summed E-state index contributed by atoms with van der Waals surface area (Å²) in [6.45, 7) is 2.45. The van der Waals surface area contributed by atoms with E-state index in [2.05, 4.69) is 10.3 Å². The third-order valence-electron chi connectivity index (χ3n) is 6.41. The Hall–Kier alpha value is -3.41. The van der Waals surface area contributed by atoms with Gasteiger partial charge in [0.1, 0.15) is 5.84 Å². The Morgan fingerprint density at radius 1 is 1.07 bits per heavy atom. The van der Waals surface area contributed by atoms with Crippen molar-refractivity contribution in [1.82, 2.24) is 15.1 Å². The molecule has 0 bridgehead atoms. The summed E-state index contributed by atoms with van der Waals surface area (Å²) < 4.78 is 79.1. The van der Waals surface area contributed by atoms with Crippen molar-refractivity contribution in [3.05, 3.63) is 58.0 Å². The summed E-state index contributed by atoms with van der Waals surface area (Å²) in [5.41, 5.74) is -2.77. The van der Waals surface area contributed by atoms with Crippen LogP contribution in [0.1, 0.15) is 29.5 Å². The van der Waals surface area contributed by atoms with Crippen LogP contribution in [0, 0.1) is 5.92 Å². The molecule has 0 radical (unpaired) electrons. The van der Waals surface area contributed by atoms with Crippen LogP contribution < -0.4 is 5.32 Å². The summed E-state index contributed by atoms with van der Waals surface area (Å²) in [6, 6.07) is 1.77. The number of benzene rings is 1. The van der Waals surface area contributed by atoms with E-state index in [0.29, 0.717) is 74.5 Å². The van der Waals surface area contributed by atoms with Crippen molar-refractivity contribution in [2.24, 2.45) is 10.9 Å². The van der Waals surface area contributed by atoms with Gasteiger partial charge in [0.15, 0.2) is 0 Å². The summed E-state index contributed by atoms with van der Waals surface area (Å²) in [5.74, 6) is -1.93. The second kappa shape index (κ2) is 16.6. The van der Waals surface area contributed by atoms with Crippen molar-refractivity contribution in [1.29, 1.82) is 0 Å². The maximum Gasteiger partial charge on any atom is 0.416 e. The number of hydrogen-bond donors (Lipinski definition) is 4. The summed E-state index contributed by atoms with van der Waals surface area (Å²) in [5, 5.41) is 27.1. The number of aliphatic imine (C=N–C) groups is 1. The first-order valence-electron chi connectivity index (χ1n) is 13.2. The van der Waals surface area contributed by atoms with E-state index in [9.17, 15) is 40.7 Å². The number of aliphatic carboxylic acids is 2. The lowest BCUT2D eigenvalue weighted by molar-refractivity contribution is -0.143. The molecule has 3 rings (SSSR count). The van der Waals surface area contributed by atoms with E-state index < -0.39 is 35.4 Å². The smallest absolute Gasteiger partial charge is 0.416 e. The van der Waals surface area contributed by atoms with Crippen LogP contribution in [0.15, 0.2) is 46.3 Å². The molecule has 10 nitrogen and oxygen atoms in total. The molecule has 0 saturated carbocycles. The topological polar surface area (TPSA) is 143 Å². The predicted octanol–water partition coefficient (Wildman–Crippen LogP) is 4.31. The number of carboxylic acids is 2. The van der Waals surface area contributed by atoms with Crippen LogP contribution in [0.3, 0.4) is 0 Å². The molecule has 1 amide bonds. The fourth-order valence-corrected chi connectivity index (χ4v) is 5.03. The van der Waals surface area contributed by atoms with Gasteiger partial charge in [-0.1, -0.05) is 12.1 Å². The zero-order valence-electron chi connectivity index (χ0n) is 23.5. The molecule has 2 fully saturated rings. The average molecular weight is 655 g/mol. The number of carbonyl (C=O) groups is 3. The molecule has 0 aromatic heterocycles. The van der Waals surface area contributed by atoms with E-state index in [1.807, 2.05) is 18.0 Å². The molecular weight excluding hydrogens is 622 g/mol. The normalized spacial score (nSPS) is 18.6. The molecule has 0 aliphatic carbocycles. The minimum absolute atomic E-state index is 0.0416. The fourth-order valence-electron chi connectivity index (χ4n) is 4.21. The molecule has 4 N–H and O–H groups in total. The Morgan fingerprint density at radius 2 is 1.68 bits per heavy atom. The maximum absolute atomic E-state index is 13.4. The van der Waals surface area contributed by atoms with E-state index in [-0.39, 0.29) is 35.9 Å². The highest BCUT2D eigenvalue weighted by Gasteiger charge is 2.38. The van der Waals surface area contributed by atoms with Gasteiger partial charge in [-0.05, 0) is 68.4 Å². The minimum atomic E-state index is -4.89. The van der Waals surface area contributed by atoms with Gasteiger partial charge in [0, 0.05) is 31.8 Å². The van der Waals surface area contributed by atoms with Gasteiger partial charge in [0.2, 0.25) is 0 Å². The first-order valence-corrected chi connectivity index (χ1v) is 14.0. The van der Waals surface area contributed by atoms with Crippen LogP contribution >= 0.6 is 11.8 Å². The van der Waals surface area contributed by atoms with Crippen LogP contribution in [0.4, 0.5) is 31.1 Å². The molecule has 2 saturated heterocycles. The lowest BCUT2D eigenvalue weighted by atomic mass is 9.95. The van der Waals surface area contributed by atoms with E-state index in [0.717, 1.165) is 17.8 Å². The summed E-state index contributed by atoms with van der Waals surface area (Å²) >= 11 is 1.04. The SMILES string of the molecule is CN(CCO)CCN=C1NC(=O)S/C1=C\C1CCN(Cc2ccc(C(F)(F)F)cc2C(F)(F)F)CC1.O=C(O)/C=C/C(=O)O. The standard InChI is InChI=1S/C23H28F6N4O2S.C4H4O4/c1-32(10-11-34)9-6-30-20-19(36-21(35)31-20)12-15-4-7-33(8-5-15)14-16-2-3-17(22(24,25)26)13-18(16)23(27,28)29;5-3(6)1-2-4(7)8/h2-3,12-13,15,34H,4-11,14H2,1H3,(H,30,31,35);1-2H,(H,5,6)(H,7,8)/b19-12-;2-1+. The molecule has 1 aromatic rings. The van der Waals surface area contributed by atoms with Gasteiger partial charge in [0.25, 0.3) is 5.24 Å². The predicted molar refractivity (Wildman–Crippen MR) is 150 cm³/mol. The number of rotatable bonds is 10. The third-order valence-corrected chi connectivity index (χ3v) is 7.25. The maximum atomic E-state index is 13.4. The first-order chi connectivity index (χ1) is 20.5. The van der Waals surface area contributed by atoms with Gasteiger partial charge in [-0.15, -0.1) is 0 Å². The molecule has 0 unspecified atom stereocenters. The van der Waals surface area contributed by atoms with Crippen LogP contribution in [0.5, 0.6) is 0 Å². The number of carboxylic acid groups (broad SMARTS) is 2. The Balaban J connectivity index is 0.000000742. The number of aliphatic hydroxyl groups is 1. The van der Waals surface area contributed by atoms with Crippen LogP contribution in [-0.2, 0) is 28.5 Å². The zero-order valence-corrected chi connectivity index (χ0v) is 24.3. The number of hydrogen-bond acceptors (Lipinski definition) is 8. The lowest BCUT2D eigenvalue weighted by Gasteiger charge is -2.31. The molecule has 2 heterocycles. The average Bonchev–Trinajstić information content (AvgIpc) is 3.26. The Bertz CT molecular complexity index is 1240. The number of aliphatic hydroxyl groups excluding tert-OH is 1. The quantitative estimate of drug-likeness (QED) is 0.215. The van der Waals surface area contributed by atoms with Gasteiger partial charge in [0.05, 0.1) is 29.2 Å². The van der Waals surface area contributed by atoms with Crippen molar-refractivity contribution >= 4 is 34.8 Å². The second-order valence-electron chi connectivity index (χ2n) is 9.79. The molecule has 17 heteroatoms. The molecule has 44 heavy (non-hydrogen) atoms. The number of alkyl halides is 6.